The molecule has 0 heterocycles. The Labute approximate surface area is 42.2 Å². The van der Waals surface area contributed by atoms with Gasteiger partial charge in [-0.05, 0) is 0 Å². The zero-order valence-electron chi connectivity index (χ0n) is 3.25. The summed E-state index contributed by atoms with van der Waals surface area (Å²) in [5, 5.41) is 19.3. The average molecular weight is 112 g/mol. The van der Waals surface area contributed by atoms with E-state index in [1.807, 2.05) is 0 Å². The first-order valence-electron chi connectivity index (χ1n) is 0.924. The summed E-state index contributed by atoms with van der Waals surface area (Å²) < 4.78 is 0. The number of hydrogen-bond acceptors (Lipinski definition) is 3. The van der Waals surface area contributed by atoms with Crippen LogP contribution in [0, 0.1) is 11.3 Å². The molecule has 0 unspecified atom stereocenters. The molecule has 0 bridgehead atoms. The molecule has 0 saturated heterocycles. The number of hydrogen-bond donors (Lipinski definition) is 2. The van der Waals surface area contributed by atoms with E-state index in [-0.39, 0.29) is 12.4 Å². The van der Waals surface area contributed by atoms with Crippen molar-refractivity contribution in [1.29, 1.82) is 5.26 Å². The highest BCUT2D eigenvalue weighted by molar-refractivity contribution is 5.85. The third-order valence-corrected chi connectivity index (χ3v) is 0. The second kappa shape index (κ2) is 131. The van der Waals surface area contributed by atoms with E-state index < -0.39 is 0 Å². The van der Waals surface area contributed by atoms with E-state index in [0.29, 0.717) is 0 Å². The molecular formula is C2H6ClNO2. The van der Waals surface area contributed by atoms with E-state index in [2.05, 4.69) is 0 Å². The minimum Gasteiger partial charge on any atom is -0.255 e. The average Bonchev–Trinajstić information content (AvgIpc) is 1.46. The Morgan fingerprint density at radius 3 is 1.50 bits per heavy atom. The van der Waals surface area contributed by atoms with Gasteiger partial charge in [0.25, 0.3) is 0 Å². The van der Waals surface area contributed by atoms with Crippen LogP contribution in [0.2, 0.25) is 0 Å². The number of halogens is 1. The minimum atomic E-state index is 0. The van der Waals surface area contributed by atoms with Crippen LogP contribution in [-0.2, 0) is 0 Å². The molecule has 2 N–H and O–H groups in total. The molecule has 4 heteroatoms. The maximum Gasteiger partial charge on any atom is 0.0587 e. The molecule has 0 spiro atoms. The second-order valence-electron chi connectivity index (χ2n) is 0.224. The smallest absolute Gasteiger partial charge is 0.0587 e. The third-order valence-electron chi connectivity index (χ3n) is 0. The van der Waals surface area contributed by atoms with Crippen LogP contribution in [0.15, 0.2) is 0 Å². The normalized spacial score (nSPS) is 2.33. The highest BCUT2D eigenvalue weighted by atomic mass is 35.5. The Bertz CT molecular complexity index is 33.0. The fourth-order valence-electron chi connectivity index (χ4n) is 0. The van der Waals surface area contributed by atoms with Gasteiger partial charge in [-0.25, -0.2) is 0 Å². The van der Waals surface area contributed by atoms with Gasteiger partial charge in [-0.15, -0.1) is 12.4 Å². The second-order valence-corrected chi connectivity index (χ2v) is 0.224. The Kier molecular flexibility index (Phi) is 378. The summed E-state index contributed by atoms with van der Waals surface area (Å²) in [5.74, 6) is 0. The standard InChI is InChI=1S/C2H3N.ClH.H2O2/c1-2-3;;1-2/h1H3;1H;1-2H. The number of nitrogens with zero attached hydrogens (tertiary/aromatic N) is 1. The number of rotatable bonds is 0. The van der Waals surface area contributed by atoms with Crippen molar-refractivity contribution in [3.8, 4) is 6.07 Å². The molecule has 0 aromatic heterocycles. The molecule has 0 atom stereocenters. The molecule has 0 aromatic carbocycles. The van der Waals surface area contributed by atoms with Crippen LogP contribution in [0.3, 0.4) is 0 Å². The fourth-order valence-corrected chi connectivity index (χ4v) is 0. The lowest BCUT2D eigenvalue weighted by atomic mass is 11.0. The van der Waals surface area contributed by atoms with E-state index in [0.717, 1.165) is 0 Å². The lowest BCUT2D eigenvalue weighted by Gasteiger charge is -1.25. The Morgan fingerprint density at radius 1 is 1.50 bits per heavy atom. The van der Waals surface area contributed by atoms with Crippen LogP contribution in [0.1, 0.15) is 6.92 Å². The summed E-state index contributed by atoms with van der Waals surface area (Å²) in [6.07, 6.45) is 0. The summed E-state index contributed by atoms with van der Waals surface area (Å²) in [6.45, 7) is 1.43. The van der Waals surface area contributed by atoms with Crippen molar-refractivity contribution in [3.63, 3.8) is 0 Å². The fraction of sp³-hybridized carbons (Fsp3) is 0.500. The molecule has 0 fully saturated rings. The zero-order valence-corrected chi connectivity index (χ0v) is 4.07. The van der Waals surface area contributed by atoms with Crippen LogP contribution < -0.4 is 0 Å². The van der Waals surface area contributed by atoms with Crippen molar-refractivity contribution in [1.82, 2.24) is 0 Å². The molecule has 0 rings (SSSR count). The predicted octanol–water partition coefficient (Wildman–Crippen LogP) is 0.969. The van der Waals surface area contributed by atoms with Gasteiger partial charge in [0.2, 0.25) is 0 Å². The third kappa shape index (κ3) is 300. The van der Waals surface area contributed by atoms with Gasteiger partial charge < -0.3 is 0 Å². The van der Waals surface area contributed by atoms with Crippen molar-refractivity contribution in [2.75, 3.05) is 0 Å². The first-order valence-corrected chi connectivity index (χ1v) is 0.924. The van der Waals surface area contributed by atoms with E-state index in [4.69, 9.17) is 15.8 Å². The van der Waals surface area contributed by atoms with Gasteiger partial charge >= 0.3 is 0 Å². The maximum atomic E-state index is 7.32. The van der Waals surface area contributed by atoms with Crippen LogP contribution in [-0.4, -0.2) is 10.5 Å². The predicted molar refractivity (Wildman–Crippen MR) is 23.8 cm³/mol. The first-order chi connectivity index (χ1) is 2.41. The topological polar surface area (TPSA) is 64.2 Å². The monoisotopic (exact) mass is 111 g/mol. The largest absolute Gasteiger partial charge is 0.255 e. The van der Waals surface area contributed by atoms with Gasteiger partial charge in [-0.2, -0.15) is 5.26 Å². The summed E-state index contributed by atoms with van der Waals surface area (Å²) in [6, 6.07) is 1.75. The quantitative estimate of drug-likeness (QED) is 0.362. The van der Waals surface area contributed by atoms with E-state index in [1.54, 1.807) is 6.07 Å². The molecule has 3 nitrogen and oxygen atoms in total. The van der Waals surface area contributed by atoms with Crippen LogP contribution in [0.25, 0.3) is 0 Å². The van der Waals surface area contributed by atoms with Crippen molar-refractivity contribution in [2.24, 2.45) is 0 Å². The summed E-state index contributed by atoms with van der Waals surface area (Å²) >= 11 is 0. The Hall–Kier alpha value is -0.300. The highest BCUT2D eigenvalue weighted by Gasteiger charge is 1.17. The molecule has 6 heavy (non-hydrogen) atoms. The molecule has 0 aliphatic heterocycles. The van der Waals surface area contributed by atoms with E-state index in [9.17, 15) is 0 Å². The highest BCUT2D eigenvalue weighted by Crippen LogP contribution is 1.21. The molecule has 0 aromatic rings. The molecule has 38 valence electrons. The lowest BCUT2D eigenvalue weighted by Crippen LogP contribution is -1.29. The van der Waals surface area contributed by atoms with Gasteiger partial charge in [-0.1, -0.05) is 0 Å². The van der Waals surface area contributed by atoms with E-state index >= 15 is 0 Å². The van der Waals surface area contributed by atoms with Crippen molar-refractivity contribution >= 4 is 12.4 Å². The Morgan fingerprint density at radius 2 is 1.50 bits per heavy atom. The van der Waals surface area contributed by atoms with Gasteiger partial charge in [0.15, 0.2) is 0 Å². The van der Waals surface area contributed by atoms with Gasteiger partial charge in [-0.3, -0.25) is 10.5 Å². The first kappa shape index (κ1) is 17.3. The molecule has 0 radical (unpaired) electrons. The SMILES string of the molecule is CC#N.Cl.OO. The molecule has 0 aliphatic rings. The van der Waals surface area contributed by atoms with Gasteiger partial charge in [0.1, 0.15) is 0 Å². The molecule has 0 aliphatic carbocycles. The van der Waals surface area contributed by atoms with Crippen molar-refractivity contribution in [2.45, 2.75) is 6.92 Å². The number of nitriles is 1. The van der Waals surface area contributed by atoms with Crippen LogP contribution in [0.4, 0.5) is 0 Å². The summed E-state index contributed by atoms with van der Waals surface area (Å²) in [7, 11) is 0. The lowest BCUT2D eigenvalue weighted by molar-refractivity contribution is -0.176. The maximum absolute atomic E-state index is 7.32. The molecular weight excluding hydrogens is 105 g/mol. The Balaban J connectivity index is -0.0000000275. The van der Waals surface area contributed by atoms with Gasteiger partial charge in [0.05, 0.1) is 6.07 Å². The van der Waals surface area contributed by atoms with E-state index in [1.165, 1.54) is 6.92 Å². The van der Waals surface area contributed by atoms with Crippen LogP contribution >= 0.6 is 12.4 Å². The summed E-state index contributed by atoms with van der Waals surface area (Å²) in [4.78, 5) is 0. The minimum absolute atomic E-state index is 0. The van der Waals surface area contributed by atoms with Crippen molar-refractivity contribution < 1.29 is 10.5 Å². The van der Waals surface area contributed by atoms with Crippen molar-refractivity contribution in [3.05, 3.63) is 0 Å². The summed E-state index contributed by atoms with van der Waals surface area (Å²) in [5.41, 5.74) is 0. The molecule has 0 amide bonds. The zero-order chi connectivity index (χ0) is 4.71. The molecule has 0 saturated carbocycles. The van der Waals surface area contributed by atoms with Crippen LogP contribution in [0.5, 0.6) is 0 Å². The van der Waals surface area contributed by atoms with Gasteiger partial charge in [0, 0.05) is 6.92 Å².